The van der Waals surface area contributed by atoms with Gasteiger partial charge in [-0.05, 0) is 57.6 Å². The molecule has 0 saturated carbocycles. The number of aromatic nitrogens is 3. The van der Waals surface area contributed by atoms with Gasteiger partial charge in [0, 0.05) is 47.8 Å². The van der Waals surface area contributed by atoms with Crippen molar-refractivity contribution in [3.8, 4) is 56.6 Å². The van der Waals surface area contributed by atoms with Crippen molar-refractivity contribution in [1.82, 2.24) is 15.0 Å². The van der Waals surface area contributed by atoms with E-state index in [0.717, 1.165) is 44.5 Å². The van der Waals surface area contributed by atoms with E-state index in [0.29, 0.717) is 17.5 Å². The number of benzene rings is 8. The topological polar surface area (TPSA) is 51.8 Å². The summed E-state index contributed by atoms with van der Waals surface area (Å²) < 4.78 is 8.69. The van der Waals surface area contributed by atoms with E-state index in [2.05, 4.69) is 182 Å². The normalized spacial score (nSPS) is 12.9. The molecule has 0 unspecified atom stereocenters. The van der Waals surface area contributed by atoms with Crippen molar-refractivity contribution >= 4 is 42.5 Å². The van der Waals surface area contributed by atoms with E-state index in [1.165, 1.54) is 48.0 Å². The van der Waals surface area contributed by atoms with Crippen molar-refractivity contribution in [2.24, 2.45) is 0 Å². The van der Waals surface area contributed by atoms with Gasteiger partial charge < -0.3 is 4.42 Å². The number of thiophene rings is 1. The average Bonchev–Trinajstić information content (AvgIpc) is 4.00. The van der Waals surface area contributed by atoms with Crippen LogP contribution in [-0.4, -0.2) is 15.0 Å². The summed E-state index contributed by atoms with van der Waals surface area (Å²) in [7, 11) is 0. The molecule has 0 atom stereocenters. The Bertz CT molecular complexity index is 3310. The lowest BCUT2D eigenvalue weighted by molar-refractivity contribution is 0.631. The summed E-state index contributed by atoms with van der Waals surface area (Å²) in [6.45, 7) is 0. The molecule has 1 aliphatic carbocycles. The Hall–Kier alpha value is -7.47. The van der Waals surface area contributed by atoms with Crippen LogP contribution < -0.4 is 0 Å². The number of hydrogen-bond donors (Lipinski definition) is 0. The lowest BCUT2D eigenvalue weighted by atomic mass is 9.67. The van der Waals surface area contributed by atoms with Gasteiger partial charge >= 0.3 is 0 Å². The van der Waals surface area contributed by atoms with Gasteiger partial charge in [-0.2, -0.15) is 0 Å². The number of nitrogens with zero attached hydrogens (tertiary/aromatic N) is 3. The summed E-state index contributed by atoms with van der Waals surface area (Å²) in [6.07, 6.45) is 0. The maximum absolute atomic E-state index is 6.22. The Morgan fingerprint density at radius 3 is 1.80 bits per heavy atom. The van der Waals surface area contributed by atoms with Crippen LogP contribution in [0.4, 0.5) is 0 Å². The van der Waals surface area contributed by atoms with Gasteiger partial charge in [0.25, 0.3) is 0 Å². The van der Waals surface area contributed by atoms with E-state index < -0.39 is 5.41 Å². The molecule has 8 aromatic carbocycles. The molecule has 0 bridgehead atoms. The highest BCUT2D eigenvalue weighted by atomic mass is 32.1. The molecule has 0 radical (unpaired) electrons. The van der Waals surface area contributed by atoms with Gasteiger partial charge in [0.2, 0.25) is 0 Å². The van der Waals surface area contributed by atoms with Crippen LogP contribution in [0, 0.1) is 0 Å². The quantitative estimate of drug-likeness (QED) is 0.169. The van der Waals surface area contributed by atoms with Crippen molar-refractivity contribution < 1.29 is 4.42 Å². The van der Waals surface area contributed by atoms with Crippen LogP contribution in [0.3, 0.4) is 0 Å². The van der Waals surface area contributed by atoms with Crippen molar-refractivity contribution in [3.63, 3.8) is 0 Å². The lowest BCUT2D eigenvalue weighted by Gasteiger charge is -2.33. The van der Waals surface area contributed by atoms with Crippen molar-refractivity contribution in [3.05, 3.63) is 222 Å². The molecule has 12 rings (SSSR count). The molecule has 0 amide bonds. The number of furan rings is 1. The first-order chi connectivity index (χ1) is 29.2. The summed E-state index contributed by atoms with van der Waals surface area (Å²) in [5, 5.41) is 3.58. The Morgan fingerprint density at radius 2 is 1.00 bits per heavy atom. The number of hydrogen-bond acceptors (Lipinski definition) is 5. The zero-order valence-corrected chi connectivity index (χ0v) is 32.5. The second-order valence-corrected chi connectivity index (χ2v) is 16.2. The van der Waals surface area contributed by atoms with Crippen molar-refractivity contribution in [2.75, 3.05) is 0 Å². The molecule has 11 aromatic rings. The number of para-hydroxylation sites is 1. The minimum atomic E-state index is -0.540. The van der Waals surface area contributed by atoms with Gasteiger partial charge in [-0.15, -0.1) is 11.3 Å². The van der Waals surface area contributed by atoms with Crippen molar-refractivity contribution in [1.29, 1.82) is 0 Å². The van der Waals surface area contributed by atoms with Crippen LogP contribution in [0.25, 0.3) is 87.8 Å². The van der Waals surface area contributed by atoms with Crippen LogP contribution in [0.15, 0.2) is 205 Å². The third-order valence-corrected chi connectivity index (χ3v) is 13.0. The molecule has 59 heavy (non-hydrogen) atoms. The Morgan fingerprint density at radius 1 is 0.407 bits per heavy atom. The van der Waals surface area contributed by atoms with E-state index in [1.54, 1.807) is 11.3 Å². The molecule has 4 nitrogen and oxygen atoms in total. The van der Waals surface area contributed by atoms with Gasteiger partial charge in [0.15, 0.2) is 17.5 Å². The zero-order valence-electron chi connectivity index (χ0n) is 31.7. The molecule has 3 heterocycles. The van der Waals surface area contributed by atoms with E-state index >= 15 is 0 Å². The Balaban J connectivity index is 1.08. The maximum atomic E-state index is 6.22. The van der Waals surface area contributed by atoms with Gasteiger partial charge in [0.1, 0.15) is 11.3 Å². The molecular formula is C54H33N3OS. The van der Waals surface area contributed by atoms with Crippen LogP contribution in [-0.2, 0) is 5.41 Å². The fourth-order valence-corrected chi connectivity index (χ4v) is 10.4. The summed E-state index contributed by atoms with van der Waals surface area (Å²) >= 11 is 1.80. The van der Waals surface area contributed by atoms with Gasteiger partial charge in [-0.3, -0.25) is 0 Å². The van der Waals surface area contributed by atoms with E-state index in [9.17, 15) is 0 Å². The predicted molar refractivity (Wildman–Crippen MR) is 242 cm³/mol. The highest BCUT2D eigenvalue weighted by molar-refractivity contribution is 7.25. The minimum Gasteiger partial charge on any atom is -0.456 e. The summed E-state index contributed by atoms with van der Waals surface area (Å²) in [5.41, 5.74) is 11.3. The minimum absolute atomic E-state index is 0.540. The third kappa shape index (κ3) is 5.25. The average molecular weight is 772 g/mol. The van der Waals surface area contributed by atoms with Gasteiger partial charge in [0.05, 0.1) is 5.41 Å². The molecule has 1 aliphatic rings. The SMILES string of the molecule is c1ccc(C2(c3ccccc3)c3ccccc3-c3c(-c4nc(-c5ccc(-c6cc7ccccc7o6)cc5)nc(-c5ccc6c(c5)sc5ccccc56)n4)cccc32)cc1. The molecule has 0 saturated heterocycles. The maximum Gasteiger partial charge on any atom is 0.164 e. The highest BCUT2D eigenvalue weighted by Crippen LogP contribution is 2.58. The molecule has 0 fully saturated rings. The highest BCUT2D eigenvalue weighted by Gasteiger charge is 2.47. The van der Waals surface area contributed by atoms with Crippen LogP contribution in [0.5, 0.6) is 0 Å². The van der Waals surface area contributed by atoms with E-state index in [1.807, 2.05) is 18.2 Å². The zero-order chi connectivity index (χ0) is 38.9. The van der Waals surface area contributed by atoms with E-state index in [-0.39, 0.29) is 0 Å². The molecule has 5 heteroatoms. The summed E-state index contributed by atoms with van der Waals surface area (Å²) in [6, 6.07) is 70.9. The first-order valence-corrected chi connectivity index (χ1v) is 20.7. The second kappa shape index (κ2) is 13.3. The van der Waals surface area contributed by atoms with Gasteiger partial charge in [-0.25, -0.2) is 15.0 Å². The van der Waals surface area contributed by atoms with Gasteiger partial charge in [-0.1, -0.05) is 176 Å². The third-order valence-electron chi connectivity index (χ3n) is 11.8. The molecule has 276 valence electrons. The standard InChI is InChI=1S/C54H33N3OS/c1-3-15-38(16-4-1)54(39-17-5-2-6-18-39)44-22-10-8-20-42(44)50-43(21-13-23-45(50)54)53-56-51(35-28-26-34(27-29-35)47-32-36-14-7-11-24-46(36)58-47)55-52(57-53)37-30-31-41-40-19-9-12-25-48(40)59-49(41)33-37/h1-33H. The Kier molecular flexibility index (Phi) is 7.59. The molecule has 3 aromatic heterocycles. The summed E-state index contributed by atoms with van der Waals surface area (Å²) in [4.78, 5) is 15.9. The second-order valence-electron chi connectivity index (χ2n) is 15.1. The van der Waals surface area contributed by atoms with Crippen LogP contribution in [0.2, 0.25) is 0 Å². The first-order valence-electron chi connectivity index (χ1n) is 19.8. The number of rotatable bonds is 6. The van der Waals surface area contributed by atoms with Crippen molar-refractivity contribution in [2.45, 2.75) is 5.41 Å². The molecular weight excluding hydrogens is 739 g/mol. The first kappa shape index (κ1) is 33.6. The predicted octanol–water partition coefficient (Wildman–Crippen LogP) is 14.0. The van der Waals surface area contributed by atoms with E-state index in [4.69, 9.17) is 19.4 Å². The fraction of sp³-hybridized carbons (Fsp3) is 0.0185. The summed E-state index contributed by atoms with van der Waals surface area (Å²) in [5.74, 6) is 2.70. The fourth-order valence-electron chi connectivity index (χ4n) is 9.21. The van der Waals surface area contributed by atoms with Crippen LogP contribution in [0.1, 0.15) is 22.3 Å². The Labute approximate surface area is 344 Å². The molecule has 0 aliphatic heterocycles. The lowest BCUT2D eigenvalue weighted by Crippen LogP contribution is -2.28. The molecule has 0 N–H and O–H groups in total. The monoisotopic (exact) mass is 771 g/mol. The largest absolute Gasteiger partial charge is 0.456 e. The van der Waals surface area contributed by atoms with Crippen LogP contribution >= 0.6 is 11.3 Å². The number of fused-ring (bicyclic) bond motifs is 7. The molecule has 0 spiro atoms. The smallest absolute Gasteiger partial charge is 0.164 e.